The van der Waals surface area contributed by atoms with E-state index in [0.717, 1.165) is 11.1 Å². The maximum atomic E-state index is 12.5. The Hall–Kier alpha value is -7.90. The van der Waals surface area contributed by atoms with Gasteiger partial charge in [-0.1, -0.05) is 77.9 Å². The molecule has 0 fully saturated rings. The predicted octanol–water partition coefficient (Wildman–Crippen LogP) is 5.74. The minimum atomic E-state index is -1.00. The van der Waals surface area contributed by atoms with E-state index in [-0.39, 0.29) is 96.5 Å². The highest BCUT2D eigenvalue weighted by Gasteiger charge is 2.29. The first-order chi connectivity index (χ1) is 38.5. The molecular formula is C57H83FN10O13. The number of anilines is 3. The van der Waals surface area contributed by atoms with Crippen LogP contribution in [0.4, 0.5) is 31.9 Å². The molecule has 0 aliphatic rings. The number of non-ortho nitro benzene ring substituents is 1. The maximum Gasteiger partial charge on any atom is 0.514 e. The van der Waals surface area contributed by atoms with Crippen LogP contribution in [0.1, 0.15) is 80.4 Å². The Labute approximate surface area is 475 Å². The molecule has 0 radical (unpaired) electrons. The Morgan fingerprint density at radius 3 is 1.16 bits per heavy atom. The fourth-order valence-corrected chi connectivity index (χ4v) is 7.40. The van der Waals surface area contributed by atoms with Gasteiger partial charge in [0.2, 0.25) is 35.4 Å². The first-order valence-corrected chi connectivity index (χ1v) is 25.8. The predicted molar refractivity (Wildman–Crippen MR) is 308 cm³/mol. The van der Waals surface area contributed by atoms with Crippen LogP contribution in [0, 0.1) is 27.9 Å². The molecule has 81 heavy (non-hydrogen) atoms. The Kier molecular flexibility index (Phi) is 31.1. The molecule has 6 atom stereocenters. The van der Waals surface area contributed by atoms with Crippen LogP contribution in [0.5, 0.6) is 5.75 Å². The van der Waals surface area contributed by atoms with Crippen molar-refractivity contribution >= 4 is 64.3 Å². The zero-order valence-corrected chi connectivity index (χ0v) is 48.4. The molecule has 0 spiro atoms. The van der Waals surface area contributed by atoms with Crippen LogP contribution in [-0.4, -0.2) is 138 Å². The van der Waals surface area contributed by atoms with E-state index in [0.29, 0.717) is 22.6 Å². The number of alkyl halides is 1. The normalized spacial score (nSPS) is 13.1. The van der Waals surface area contributed by atoms with Gasteiger partial charge in [-0.05, 0) is 132 Å². The largest absolute Gasteiger partial charge is 0.514 e. The third-order valence-electron chi connectivity index (χ3n) is 11.8. The van der Waals surface area contributed by atoms with Crippen molar-refractivity contribution in [2.45, 2.75) is 118 Å². The number of benzene rings is 4. The van der Waals surface area contributed by atoms with Crippen LogP contribution in [-0.2, 0) is 53.3 Å². The van der Waals surface area contributed by atoms with Crippen LogP contribution < -0.4 is 42.4 Å². The highest BCUT2D eigenvalue weighted by atomic mass is 19.1. The molecule has 0 unspecified atom stereocenters. The number of amides is 6. The summed E-state index contributed by atoms with van der Waals surface area (Å²) in [5.74, 6) is -1.35. The van der Waals surface area contributed by atoms with Crippen LogP contribution in [0.3, 0.4) is 0 Å². The number of carbonyl (C=O) groups is 7. The number of ether oxygens (including phenoxy) is 2. The molecule has 0 saturated heterocycles. The van der Waals surface area contributed by atoms with Crippen LogP contribution in [0.2, 0.25) is 0 Å². The second-order valence-corrected chi connectivity index (χ2v) is 20.0. The van der Waals surface area contributed by atoms with Gasteiger partial charge in [0.25, 0.3) is 5.69 Å². The summed E-state index contributed by atoms with van der Waals surface area (Å²) >= 11 is 0. The molecule has 24 heteroatoms. The van der Waals surface area contributed by atoms with Crippen molar-refractivity contribution in [3.05, 3.63) is 124 Å². The number of hydrogen-bond acceptors (Lipinski definition) is 16. The molecule has 0 bridgehead atoms. The van der Waals surface area contributed by atoms with Gasteiger partial charge in [0.05, 0.1) is 44.8 Å². The Morgan fingerprint density at radius 1 is 0.556 bits per heavy atom. The maximum absolute atomic E-state index is 12.5. The van der Waals surface area contributed by atoms with E-state index in [4.69, 9.17) is 26.8 Å². The molecule has 0 saturated carbocycles. The summed E-state index contributed by atoms with van der Waals surface area (Å²) in [5.41, 5.74) is 9.53. The highest BCUT2D eigenvalue weighted by Crippen LogP contribution is 2.19. The van der Waals surface area contributed by atoms with Gasteiger partial charge in [0.15, 0.2) is 0 Å². The van der Waals surface area contributed by atoms with Crippen LogP contribution in [0.25, 0.3) is 0 Å². The van der Waals surface area contributed by atoms with E-state index in [9.17, 15) is 48.1 Å². The molecule has 446 valence electrons. The number of nitrogens with zero attached hydrogens (tertiary/aromatic N) is 3. The van der Waals surface area contributed by atoms with E-state index in [1.54, 1.807) is 93.6 Å². The minimum Gasteiger partial charge on any atom is -0.429 e. The number of aliphatic hydroxyl groups excluding tert-OH is 2. The molecule has 4 aromatic rings. The number of likely N-dealkylation sites (N-methyl/N-ethyl adjacent to an activating group) is 2. The van der Waals surface area contributed by atoms with Gasteiger partial charge < -0.3 is 57.3 Å². The fourth-order valence-electron chi connectivity index (χ4n) is 7.40. The van der Waals surface area contributed by atoms with E-state index < -0.39 is 42.4 Å². The van der Waals surface area contributed by atoms with Crippen molar-refractivity contribution in [1.82, 2.24) is 25.8 Å². The number of halogens is 1. The number of nitrogens with two attached hydrogens (primary N) is 1. The summed E-state index contributed by atoms with van der Waals surface area (Å²) < 4.78 is 25.5. The van der Waals surface area contributed by atoms with E-state index in [1.807, 2.05) is 79.5 Å². The molecule has 4 aromatic carbocycles. The highest BCUT2D eigenvalue weighted by molar-refractivity contribution is 5.99. The first-order valence-electron chi connectivity index (χ1n) is 26.6. The molecule has 4 rings (SSSR count). The van der Waals surface area contributed by atoms with Crippen molar-refractivity contribution in [2.75, 3.05) is 51.3 Å². The molecule has 0 heterocycles. The Balaban J connectivity index is 0.000000625. The van der Waals surface area contributed by atoms with Gasteiger partial charge in [-0.15, -0.1) is 0 Å². The summed E-state index contributed by atoms with van der Waals surface area (Å²) in [4.78, 5) is 98.8. The van der Waals surface area contributed by atoms with Gasteiger partial charge >= 0.3 is 6.16 Å². The number of rotatable bonds is 23. The van der Waals surface area contributed by atoms with Crippen molar-refractivity contribution in [3.8, 4) is 5.75 Å². The number of nitrogens with one attached hydrogen (secondary N) is 6. The van der Waals surface area contributed by atoms with E-state index >= 15 is 0 Å². The summed E-state index contributed by atoms with van der Waals surface area (Å²) in [5, 5.41) is 44.9. The number of hydrogen-bond donors (Lipinski definition) is 9. The summed E-state index contributed by atoms with van der Waals surface area (Å²) in [6.45, 7) is 16.2. The number of carbonyl (C=O) groups excluding carboxylic acids is 7. The lowest BCUT2D eigenvalue weighted by atomic mass is 10.0. The second-order valence-electron chi connectivity index (χ2n) is 20.0. The quantitative estimate of drug-likeness (QED) is 0.0185. The average Bonchev–Trinajstić information content (AvgIpc) is 3.41. The topological polar surface area (TPSA) is 326 Å². The van der Waals surface area contributed by atoms with Gasteiger partial charge in [0, 0.05) is 29.2 Å². The molecule has 0 aromatic heterocycles. The van der Waals surface area contributed by atoms with Crippen molar-refractivity contribution in [2.24, 2.45) is 23.5 Å². The standard InChI is InChI=1S/C24H30N4O7.C17H27N3O3.C15H23N3O3.CH3F/c1-15(2)21(27(4)5)23(30)25-16(3)22(29)26-18-8-6-17(7-9-18)14-34-24(31)35-20-12-10-19(11-13-20)28(32)33;1-11(2)15(20(4)5)17(23)18-12(3)16(22)19-14-8-6-13(10-21)7-9-14;1-9(2)13(16)15(21)17-10(3)14(20)18-12-6-4-11(8-19)5-7-12;1-2/h6-13,15-16,21H,14H2,1-5H3,(H,25,30)(H,26,29);6-9,11-12,15,21H,10H2,1-5H3,(H,18,23)(H,19,22);4-7,9-10,13,19H,8,16H2,1-3H3,(H,17,21)(H,18,20);1H3/t16-,21-;12-,15-;10-,13-;/m000./s1/i;;;1D. The zero-order valence-electron chi connectivity index (χ0n) is 49.4. The SMILES string of the molecule is CC(C)[C@@H](C(=O)N[C@@H](C)C(=O)Nc1ccc(CO)cc1)N(C)C.CC(C)[C@@H](C(=O)N[C@@H](C)C(=O)Nc1ccc(COC(=O)Oc2ccc([N+](=O)[O-])cc2)cc1)N(C)C.CC(C)[C@H](N)C(=O)N[C@@H](C)C(=O)Nc1ccc(CO)cc1.[2H]CF. The Morgan fingerprint density at radius 2 is 0.877 bits per heavy atom. The third-order valence-corrected chi connectivity index (χ3v) is 11.8. The Bertz CT molecular complexity index is 2610. The zero-order chi connectivity index (χ0) is 62.4. The van der Waals surface area contributed by atoms with E-state index in [1.165, 1.54) is 24.3 Å². The third kappa shape index (κ3) is 25.8. The summed E-state index contributed by atoms with van der Waals surface area (Å²) in [6.07, 6.45) is -0.960. The van der Waals surface area contributed by atoms with Gasteiger partial charge in [-0.3, -0.25) is 53.1 Å². The second kappa shape index (κ2) is 36.4. The smallest absolute Gasteiger partial charge is 0.429 e. The van der Waals surface area contributed by atoms with Crippen molar-refractivity contribution < 1.29 is 63.9 Å². The van der Waals surface area contributed by atoms with Crippen molar-refractivity contribution in [3.63, 3.8) is 0 Å². The summed E-state index contributed by atoms with van der Waals surface area (Å²) in [7, 11) is 6.32. The molecule has 6 amide bonds. The monoisotopic (exact) mass is 1140 g/mol. The molecule has 0 aliphatic heterocycles. The molecule has 0 aliphatic carbocycles. The molecule has 10 N–H and O–H groups in total. The minimum absolute atomic E-state index is 0.00582. The van der Waals surface area contributed by atoms with E-state index in [2.05, 4.69) is 31.9 Å². The number of nitro benzene ring substituents is 1. The lowest BCUT2D eigenvalue weighted by Crippen LogP contribution is -2.51. The first kappa shape index (κ1) is 69.2. The van der Waals surface area contributed by atoms with Gasteiger partial charge in [-0.25, -0.2) is 4.79 Å². The number of nitro groups is 1. The lowest BCUT2D eigenvalue weighted by molar-refractivity contribution is -0.384. The average molecular weight is 1140 g/mol. The van der Waals surface area contributed by atoms with Gasteiger partial charge in [-0.2, -0.15) is 0 Å². The molecular weight excluding hydrogens is 1050 g/mol. The van der Waals surface area contributed by atoms with Crippen LogP contribution in [0.15, 0.2) is 97.1 Å². The van der Waals surface area contributed by atoms with Crippen LogP contribution >= 0.6 is 0 Å². The van der Waals surface area contributed by atoms with Gasteiger partial charge in [0.1, 0.15) is 30.5 Å². The number of aliphatic hydroxyl groups is 2. The fraction of sp³-hybridized carbons (Fsp3) is 0.456. The summed E-state index contributed by atoms with van der Waals surface area (Å²) in [6, 6.07) is 22.0. The lowest BCUT2D eigenvalue weighted by Gasteiger charge is -2.28. The van der Waals surface area contributed by atoms with Crippen molar-refractivity contribution in [1.29, 1.82) is 0 Å². The molecule has 23 nitrogen and oxygen atoms in total.